The number of benzene rings is 1. The van der Waals surface area contributed by atoms with Crippen molar-refractivity contribution >= 4 is 22.5 Å². The number of non-ortho nitro benzene ring substituents is 1. The zero-order chi connectivity index (χ0) is 15.6. The lowest BCUT2D eigenvalue weighted by molar-refractivity contribution is -0.383. The minimum Gasteiger partial charge on any atom is -0.345 e. The number of nitro benzene ring substituents is 1. The summed E-state index contributed by atoms with van der Waals surface area (Å²) in [5.74, 6) is -0.872. The van der Waals surface area contributed by atoms with Crippen LogP contribution in [-0.2, 0) is 11.3 Å². The number of carbonyl (C=O) groups excluding carboxylic acids is 1. The Morgan fingerprint density at radius 2 is 2.05 bits per heavy atom. The van der Waals surface area contributed by atoms with E-state index < -0.39 is 30.1 Å². The molecule has 112 valence electrons. The molecule has 21 heavy (non-hydrogen) atoms. The number of nitrogens with one attached hydrogen (secondary N) is 1. The highest BCUT2D eigenvalue weighted by molar-refractivity contribution is 5.90. The van der Waals surface area contributed by atoms with Crippen LogP contribution in [0, 0.1) is 10.1 Å². The van der Waals surface area contributed by atoms with Crippen LogP contribution in [0.4, 0.5) is 18.9 Å². The first-order chi connectivity index (χ1) is 9.78. The average molecular weight is 301 g/mol. The van der Waals surface area contributed by atoms with Crippen LogP contribution in [0.2, 0.25) is 0 Å². The van der Waals surface area contributed by atoms with E-state index >= 15 is 0 Å². The Kier molecular flexibility index (Phi) is 3.83. The first-order valence-electron chi connectivity index (χ1n) is 5.83. The Balaban J connectivity index is 2.23. The average Bonchev–Trinajstić information content (AvgIpc) is 2.79. The van der Waals surface area contributed by atoms with Crippen molar-refractivity contribution in [3.8, 4) is 0 Å². The lowest BCUT2D eigenvalue weighted by Crippen LogP contribution is -2.35. The van der Waals surface area contributed by atoms with Gasteiger partial charge in [-0.25, -0.2) is 0 Å². The molecule has 0 aliphatic rings. The van der Waals surface area contributed by atoms with Crippen molar-refractivity contribution in [1.29, 1.82) is 0 Å². The van der Waals surface area contributed by atoms with Gasteiger partial charge < -0.3 is 9.88 Å². The number of alkyl halides is 3. The summed E-state index contributed by atoms with van der Waals surface area (Å²) in [5.41, 5.74) is -0.00854. The van der Waals surface area contributed by atoms with Gasteiger partial charge in [-0.15, -0.1) is 0 Å². The first kappa shape index (κ1) is 14.8. The summed E-state index contributed by atoms with van der Waals surface area (Å²) < 4.78 is 37.3. The van der Waals surface area contributed by atoms with E-state index in [1.165, 1.54) is 22.9 Å². The smallest absolute Gasteiger partial charge is 0.345 e. The second-order valence-corrected chi connectivity index (χ2v) is 4.31. The predicted molar refractivity (Wildman–Crippen MR) is 67.7 cm³/mol. The second-order valence-electron chi connectivity index (χ2n) is 4.31. The van der Waals surface area contributed by atoms with E-state index in [2.05, 4.69) is 0 Å². The van der Waals surface area contributed by atoms with Crippen molar-refractivity contribution < 1.29 is 22.9 Å². The lowest BCUT2D eigenvalue weighted by atomic mass is 10.2. The molecule has 0 saturated heterocycles. The molecule has 1 N–H and O–H groups in total. The number of nitro groups is 1. The Morgan fingerprint density at radius 1 is 1.33 bits per heavy atom. The highest BCUT2D eigenvalue weighted by atomic mass is 19.4. The maximum Gasteiger partial charge on any atom is 0.405 e. The predicted octanol–water partition coefficient (Wildman–Crippen LogP) is 2.23. The van der Waals surface area contributed by atoms with Gasteiger partial charge in [0.25, 0.3) is 5.69 Å². The number of hydrogen-bond acceptors (Lipinski definition) is 3. The summed E-state index contributed by atoms with van der Waals surface area (Å²) in [5, 5.41) is 13.2. The van der Waals surface area contributed by atoms with Crippen molar-refractivity contribution in [1.82, 2.24) is 9.88 Å². The Bertz CT molecular complexity index is 694. The number of hydrogen-bond donors (Lipinski definition) is 1. The molecule has 2 aromatic rings. The number of para-hydroxylation sites is 1. The maximum absolute atomic E-state index is 12.0. The van der Waals surface area contributed by atoms with Gasteiger partial charge in [0.1, 0.15) is 18.6 Å². The van der Waals surface area contributed by atoms with Gasteiger partial charge in [0.15, 0.2) is 0 Å². The van der Waals surface area contributed by atoms with Crippen LogP contribution in [-0.4, -0.2) is 28.1 Å². The highest BCUT2D eigenvalue weighted by Crippen LogP contribution is 2.26. The van der Waals surface area contributed by atoms with E-state index in [-0.39, 0.29) is 11.2 Å². The number of halogens is 3. The highest BCUT2D eigenvalue weighted by Gasteiger charge is 2.27. The Morgan fingerprint density at radius 3 is 2.67 bits per heavy atom. The summed E-state index contributed by atoms with van der Waals surface area (Å²) in [6.07, 6.45) is -3.08. The zero-order valence-corrected chi connectivity index (χ0v) is 10.6. The van der Waals surface area contributed by atoms with Gasteiger partial charge in [0, 0.05) is 17.6 Å². The molecule has 0 atom stereocenters. The largest absolute Gasteiger partial charge is 0.405 e. The van der Waals surface area contributed by atoms with E-state index in [0.29, 0.717) is 5.39 Å². The molecule has 1 aromatic carbocycles. The molecule has 0 aliphatic carbocycles. The number of aromatic nitrogens is 1. The molecule has 1 heterocycles. The molecule has 0 unspecified atom stereocenters. The Labute approximate surface area is 116 Å². The molecule has 9 heteroatoms. The van der Waals surface area contributed by atoms with Crippen molar-refractivity contribution in [3.63, 3.8) is 0 Å². The fourth-order valence-electron chi connectivity index (χ4n) is 1.93. The molecular formula is C12H10F3N3O3. The number of rotatable bonds is 4. The number of nitrogens with zero attached hydrogens (tertiary/aromatic N) is 2. The molecule has 6 nitrogen and oxygen atoms in total. The van der Waals surface area contributed by atoms with Crippen molar-refractivity contribution in [3.05, 3.63) is 40.6 Å². The van der Waals surface area contributed by atoms with Crippen molar-refractivity contribution in [2.24, 2.45) is 0 Å². The summed E-state index contributed by atoms with van der Waals surface area (Å²) in [4.78, 5) is 21.8. The van der Waals surface area contributed by atoms with Gasteiger partial charge in [-0.05, 0) is 6.07 Å². The molecule has 2 rings (SSSR count). The van der Waals surface area contributed by atoms with Crippen LogP contribution in [0.3, 0.4) is 0 Å². The number of fused-ring (bicyclic) bond motifs is 1. The van der Waals surface area contributed by atoms with Crippen LogP contribution in [0.5, 0.6) is 0 Å². The van der Waals surface area contributed by atoms with Crippen LogP contribution in [0.25, 0.3) is 10.9 Å². The Hall–Kier alpha value is -2.58. The molecule has 0 saturated carbocycles. The van der Waals surface area contributed by atoms with Crippen molar-refractivity contribution in [2.45, 2.75) is 12.7 Å². The minimum atomic E-state index is -4.50. The summed E-state index contributed by atoms with van der Waals surface area (Å²) in [6.45, 7) is -1.86. The fourth-order valence-corrected chi connectivity index (χ4v) is 1.93. The van der Waals surface area contributed by atoms with E-state index in [1.54, 1.807) is 17.4 Å². The lowest BCUT2D eigenvalue weighted by Gasteiger charge is -2.09. The zero-order valence-electron chi connectivity index (χ0n) is 10.6. The molecule has 1 aromatic heterocycles. The summed E-state index contributed by atoms with van der Waals surface area (Å²) in [6, 6.07) is 5.94. The van der Waals surface area contributed by atoms with Gasteiger partial charge in [-0.3, -0.25) is 14.9 Å². The SMILES string of the molecule is O=C(Cn1ccc2cccc([N+](=O)[O-])c21)NCC(F)(F)F. The third-order valence-electron chi connectivity index (χ3n) is 2.76. The third kappa shape index (κ3) is 3.50. The van der Waals surface area contributed by atoms with Gasteiger partial charge in [-0.2, -0.15) is 13.2 Å². The molecule has 1 amide bonds. The summed E-state index contributed by atoms with van der Waals surface area (Å²) in [7, 11) is 0. The number of amides is 1. The monoisotopic (exact) mass is 301 g/mol. The van der Waals surface area contributed by atoms with Crippen LogP contribution in [0.15, 0.2) is 30.5 Å². The van der Waals surface area contributed by atoms with Gasteiger partial charge in [-0.1, -0.05) is 12.1 Å². The van der Waals surface area contributed by atoms with Gasteiger partial charge in [0.2, 0.25) is 5.91 Å². The first-order valence-corrected chi connectivity index (χ1v) is 5.83. The van der Waals surface area contributed by atoms with Crippen LogP contribution in [0.1, 0.15) is 0 Å². The molecule has 0 spiro atoms. The molecular weight excluding hydrogens is 291 g/mol. The van der Waals surface area contributed by atoms with E-state index in [1.807, 2.05) is 0 Å². The van der Waals surface area contributed by atoms with E-state index in [0.717, 1.165) is 0 Å². The third-order valence-corrected chi connectivity index (χ3v) is 2.76. The molecule has 0 aliphatic heterocycles. The van der Waals surface area contributed by atoms with Crippen LogP contribution < -0.4 is 5.32 Å². The molecule has 0 bridgehead atoms. The van der Waals surface area contributed by atoms with Crippen molar-refractivity contribution in [2.75, 3.05) is 6.54 Å². The normalized spacial score (nSPS) is 11.6. The van der Waals surface area contributed by atoms with E-state index in [9.17, 15) is 28.1 Å². The van der Waals surface area contributed by atoms with E-state index in [4.69, 9.17) is 0 Å². The summed E-state index contributed by atoms with van der Waals surface area (Å²) >= 11 is 0. The maximum atomic E-state index is 12.0. The molecule has 0 fully saturated rings. The standard InChI is InChI=1S/C12H10F3N3O3/c13-12(14,15)7-16-10(19)6-17-5-4-8-2-1-3-9(11(8)17)18(20)21/h1-5H,6-7H2,(H,16,19). The number of carbonyl (C=O) groups is 1. The fraction of sp³-hybridized carbons (Fsp3) is 0.250. The quantitative estimate of drug-likeness (QED) is 0.695. The minimum absolute atomic E-state index is 0.199. The van der Waals surface area contributed by atoms with Gasteiger partial charge in [0.05, 0.1) is 4.92 Å². The van der Waals surface area contributed by atoms with Gasteiger partial charge >= 0.3 is 6.18 Å². The second kappa shape index (κ2) is 5.43. The molecule has 0 radical (unpaired) electrons. The topological polar surface area (TPSA) is 77.2 Å². The van der Waals surface area contributed by atoms with Crippen LogP contribution >= 0.6 is 0 Å².